The Labute approximate surface area is 121 Å². The highest BCUT2D eigenvalue weighted by molar-refractivity contribution is 5.23. The van der Waals surface area contributed by atoms with Crippen molar-refractivity contribution in [2.75, 3.05) is 19.6 Å². The van der Waals surface area contributed by atoms with Crippen LogP contribution in [-0.2, 0) is 6.54 Å². The van der Waals surface area contributed by atoms with Crippen molar-refractivity contribution in [1.29, 1.82) is 0 Å². The number of nitrogens with zero attached hydrogens (tertiary/aromatic N) is 1. The Morgan fingerprint density at radius 2 is 1.80 bits per heavy atom. The molecule has 1 fully saturated rings. The van der Waals surface area contributed by atoms with Crippen LogP contribution in [0, 0.1) is 6.92 Å². The van der Waals surface area contributed by atoms with Gasteiger partial charge in [0.05, 0.1) is 0 Å². The smallest absolute Gasteiger partial charge is 0.0476 e. The van der Waals surface area contributed by atoms with E-state index in [1.54, 1.807) is 0 Å². The molecule has 0 radical (unpaired) electrons. The molecular formula is C18H22N2. The van der Waals surface area contributed by atoms with Crippen molar-refractivity contribution in [1.82, 2.24) is 10.2 Å². The molecule has 2 aromatic rings. The molecular weight excluding hydrogens is 244 g/mol. The Kier molecular flexibility index (Phi) is 4.14. The molecule has 1 aliphatic rings. The van der Waals surface area contributed by atoms with E-state index in [1.807, 2.05) is 0 Å². The van der Waals surface area contributed by atoms with Crippen molar-refractivity contribution in [3.63, 3.8) is 0 Å². The van der Waals surface area contributed by atoms with Gasteiger partial charge in [-0.15, -0.1) is 0 Å². The van der Waals surface area contributed by atoms with Gasteiger partial charge in [0.2, 0.25) is 0 Å². The van der Waals surface area contributed by atoms with Crippen LogP contribution in [-0.4, -0.2) is 24.5 Å². The summed E-state index contributed by atoms with van der Waals surface area (Å²) in [5.74, 6) is 0. The number of hydrogen-bond donors (Lipinski definition) is 1. The summed E-state index contributed by atoms with van der Waals surface area (Å²) < 4.78 is 0. The summed E-state index contributed by atoms with van der Waals surface area (Å²) in [6.45, 7) is 6.39. The van der Waals surface area contributed by atoms with E-state index in [1.165, 1.54) is 16.7 Å². The Bertz CT molecular complexity index is 533. The van der Waals surface area contributed by atoms with Gasteiger partial charge >= 0.3 is 0 Å². The molecule has 0 aliphatic carbocycles. The number of hydrogen-bond acceptors (Lipinski definition) is 2. The van der Waals surface area contributed by atoms with Crippen molar-refractivity contribution < 1.29 is 0 Å². The molecule has 1 saturated heterocycles. The lowest BCUT2D eigenvalue weighted by Crippen LogP contribution is -2.45. The lowest BCUT2D eigenvalue weighted by molar-refractivity contribution is 0.154. The van der Waals surface area contributed by atoms with Crippen LogP contribution in [0.5, 0.6) is 0 Å². The first-order valence-corrected chi connectivity index (χ1v) is 7.38. The zero-order valence-electron chi connectivity index (χ0n) is 12.0. The van der Waals surface area contributed by atoms with Crippen molar-refractivity contribution in [2.24, 2.45) is 0 Å². The van der Waals surface area contributed by atoms with Gasteiger partial charge in [-0.25, -0.2) is 0 Å². The zero-order chi connectivity index (χ0) is 13.8. The second kappa shape index (κ2) is 6.21. The number of nitrogens with one attached hydrogen (secondary N) is 1. The predicted octanol–water partition coefficient (Wildman–Crippen LogP) is 3.14. The third kappa shape index (κ3) is 3.09. The molecule has 2 heteroatoms. The van der Waals surface area contributed by atoms with Gasteiger partial charge in [-0.05, 0) is 18.1 Å². The Balaban J connectivity index is 1.77. The third-order valence-electron chi connectivity index (χ3n) is 4.04. The molecule has 2 aromatic carbocycles. The SMILES string of the molecule is Cc1ccc(CN2CCNCC2c2ccccc2)cc1. The molecule has 1 atom stereocenters. The lowest BCUT2D eigenvalue weighted by Gasteiger charge is -2.36. The average Bonchev–Trinajstić information content (AvgIpc) is 2.51. The van der Waals surface area contributed by atoms with Gasteiger partial charge in [0, 0.05) is 32.2 Å². The Morgan fingerprint density at radius 3 is 2.55 bits per heavy atom. The molecule has 20 heavy (non-hydrogen) atoms. The zero-order valence-corrected chi connectivity index (χ0v) is 12.0. The summed E-state index contributed by atoms with van der Waals surface area (Å²) in [5, 5.41) is 3.52. The largest absolute Gasteiger partial charge is 0.314 e. The van der Waals surface area contributed by atoms with Gasteiger partial charge < -0.3 is 5.32 Å². The number of benzene rings is 2. The quantitative estimate of drug-likeness (QED) is 0.918. The van der Waals surface area contributed by atoms with E-state index in [4.69, 9.17) is 0 Å². The van der Waals surface area contributed by atoms with Crippen molar-refractivity contribution >= 4 is 0 Å². The summed E-state index contributed by atoms with van der Waals surface area (Å²) in [7, 11) is 0. The number of piperazine rings is 1. The van der Waals surface area contributed by atoms with Crippen LogP contribution in [0.25, 0.3) is 0 Å². The first-order chi connectivity index (χ1) is 9.83. The fourth-order valence-electron chi connectivity index (χ4n) is 2.87. The fourth-order valence-corrected chi connectivity index (χ4v) is 2.87. The van der Waals surface area contributed by atoms with Gasteiger partial charge in [-0.2, -0.15) is 0 Å². The maximum Gasteiger partial charge on any atom is 0.0476 e. The Morgan fingerprint density at radius 1 is 1.05 bits per heavy atom. The highest BCUT2D eigenvalue weighted by atomic mass is 15.2. The number of rotatable bonds is 3. The maximum atomic E-state index is 3.52. The van der Waals surface area contributed by atoms with Crippen molar-refractivity contribution in [2.45, 2.75) is 19.5 Å². The highest BCUT2D eigenvalue weighted by Gasteiger charge is 2.23. The molecule has 0 amide bonds. The van der Waals surface area contributed by atoms with Gasteiger partial charge in [0.15, 0.2) is 0 Å². The van der Waals surface area contributed by atoms with Crippen molar-refractivity contribution in [3.8, 4) is 0 Å². The molecule has 1 unspecified atom stereocenters. The molecule has 1 heterocycles. The van der Waals surface area contributed by atoms with E-state index in [-0.39, 0.29) is 0 Å². The monoisotopic (exact) mass is 266 g/mol. The van der Waals surface area contributed by atoms with Crippen LogP contribution in [0.1, 0.15) is 22.7 Å². The topological polar surface area (TPSA) is 15.3 Å². The standard InChI is InChI=1S/C18H22N2/c1-15-7-9-16(10-8-15)14-20-12-11-19-13-18(20)17-5-3-2-4-6-17/h2-10,18-19H,11-14H2,1H3. The minimum absolute atomic E-state index is 0.478. The van der Waals surface area contributed by atoms with Crippen LogP contribution in [0.2, 0.25) is 0 Å². The summed E-state index contributed by atoms with van der Waals surface area (Å²) in [6.07, 6.45) is 0. The normalized spacial score (nSPS) is 19.9. The van der Waals surface area contributed by atoms with Crippen LogP contribution in [0.4, 0.5) is 0 Å². The predicted molar refractivity (Wildman–Crippen MR) is 83.6 cm³/mol. The van der Waals surface area contributed by atoms with Crippen molar-refractivity contribution in [3.05, 3.63) is 71.3 Å². The van der Waals surface area contributed by atoms with Crippen LogP contribution in [0.15, 0.2) is 54.6 Å². The van der Waals surface area contributed by atoms with Crippen LogP contribution >= 0.6 is 0 Å². The molecule has 0 spiro atoms. The maximum absolute atomic E-state index is 3.52. The van der Waals surface area contributed by atoms with Gasteiger partial charge in [0.1, 0.15) is 0 Å². The van der Waals surface area contributed by atoms with E-state index in [9.17, 15) is 0 Å². The minimum atomic E-state index is 0.478. The fraction of sp³-hybridized carbons (Fsp3) is 0.333. The van der Waals surface area contributed by atoms with E-state index in [2.05, 4.69) is 71.7 Å². The van der Waals surface area contributed by atoms with E-state index < -0.39 is 0 Å². The van der Waals surface area contributed by atoms with E-state index >= 15 is 0 Å². The van der Waals surface area contributed by atoms with Gasteiger partial charge in [-0.3, -0.25) is 4.90 Å². The molecule has 1 N–H and O–H groups in total. The first kappa shape index (κ1) is 13.3. The number of aryl methyl sites for hydroxylation is 1. The molecule has 2 nitrogen and oxygen atoms in total. The lowest BCUT2D eigenvalue weighted by atomic mass is 10.0. The van der Waals surface area contributed by atoms with Gasteiger partial charge in [0.25, 0.3) is 0 Å². The van der Waals surface area contributed by atoms with E-state index in [0.29, 0.717) is 6.04 Å². The molecule has 3 rings (SSSR count). The van der Waals surface area contributed by atoms with Gasteiger partial charge in [-0.1, -0.05) is 60.2 Å². The average molecular weight is 266 g/mol. The third-order valence-corrected chi connectivity index (χ3v) is 4.04. The molecule has 0 saturated carbocycles. The highest BCUT2D eigenvalue weighted by Crippen LogP contribution is 2.24. The summed E-state index contributed by atoms with van der Waals surface area (Å²) in [5.41, 5.74) is 4.14. The second-order valence-electron chi connectivity index (χ2n) is 5.59. The summed E-state index contributed by atoms with van der Waals surface area (Å²) >= 11 is 0. The Hall–Kier alpha value is -1.64. The summed E-state index contributed by atoms with van der Waals surface area (Å²) in [4.78, 5) is 2.58. The molecule has 1 aliphatic heterocycles. The van der Waals surface area contributed by atoms with E-state index in [0.717, 1.165) is 26.2 Å². The molecule has 0 bridgehead atoms. The molecule has 104 valence electrons. The second-order valence-corrected chi connectivity index (χ2v) is 5.59. The first-order valence-electron chi connectivity index (χ1n) is 7.38. The summed E-state index contributed by atoms with van der Waals surface area (Å²) in [6, 6.07) is 20.2. The van der Waals surface area contributed by atoms with Crippen LogP contribution < -0.4 is 5.32 Å². The van der Waals surface area contributed by atoms with Crippen LogP contribution in [0.3, 0.4) is 0 Å². The molecule has 0 aromatic heterocycles. The minimum Gasteiger partial charge on any atom is -0.314 e.